The van der Waals surface area contributed by atoms with Crippen LogP contribution in [0.2, 0.25) is 10.0 Å². The van der Waals surface area contributed by atoms with Crippen molar-refractivity contribution in [1.29, 1.82) is 0 Å². The SMILES string of the molecule is CCNC(=O)[C@@H](CC)N(Cc1c(Cl)cccc1Cl)C(=O)CN(c1ccc2c(c1)OCCO2)S(=O)(=O)CC. The lowest BCUT2D eigenvalue weighted by Crippen LogP contribution is -2.52. The van der Waals surface area contributed by atoms with Crippen molar-refractivity contribution in [3.05, 3.63) is 52.0 Å². The van der Waals surface area contributed by atoms with Crippen LogP contribution in [0.25, 0.3) is 0 Å². The molecule has 2 aromatic rings. The van der Waals surface area contributed by atoms with Gasteiger partial charge in [0.2, 0.25) is 21.8 Å². The van der Waals surface area contributed by atoms with Gasteiger partial charge in [-0.25, -0.2) is 8.42 Å². The summed E-state index contributed by atoms with van der Waals surface area (Å²) in [5.41, 5.74) is 0.715. The van der Waals surface area contributed by atoms with Gasteiger partial charge in [0.05, 0.1) is 11.4 Å². The molecule has 1 aliphatic rings. The second-order valence-corrected chi connectivity index (χ2v) is 11.3. The first-order valence-corrected chi connectivity index (χ1v) is 14.4. The Hall–Kier alpha value is -2.69. The van der Waals surface area contributed by atoms with E-state index in [1.165, 1.54) is 17.9 Å². The lowest BCUT2D eigenvalue weighted by Gasteiger charge is -2.33. The van der Waals surface area contributed by atoms with Gasteiger partial charge in [0, 0.05) is 34.8 Å². The molecule has 2 amide bonds. The fourth-order valence-corrected chi connectivity index (χ4v) is 5.54. The van der Waals surface area contributed by atoms with Crippen LogP contribution in [0.3, 0.4) is 0 Å². The Morgan fingerprint density at radius 3 is 2.27 bits per heavy atom. The lowest BCUT2D eigenvalue weighted by atomic mass is 10.1. The Balaban J connectivity index is 2.02. The standard InChI is InChI=1S/C25H31Cl2N3O6S/c1-4-21(25(32)28-5-2)29(15-18-19(26)8-7-9-20(18)27)24(31)16-30(37(33,34)6-3)17-10-11-22-23(14-17)36-13-12-35-22/h7-11,14,21H,4-6,12-13,15-16H2,1-3H3,(H,28,32)/t21-/m1/s1. The van der Waals surface area contributed by atoms with Gasteiger partial charge in [-0.15, -0.1) is 0 Å². The number of fused-ring (bicyclic) bond motifs is 1. The smallest absolute Gasteiger partial charge is 0.244 e. The molecule has 0 fully saturated rings. The summed E-state index contributed by atoms with van der Waals surface area (Å²) in [6.07, 6.45) is 0.296. The van der Waals surface area contributed by atoms with E-state index in [0.29, 0.717) is 53.3 Å². The predicted molar refractivity (Wildman–Crippen MR) is 144 cm³/mol. The zero-order valence-corrected chi connectivity index (χ0v) is 23.3. The summed E-state index contributed by atoms with van der Waals surface area (Å²) in [6, 6.07) is 8.79. The summed E-state index contributed by atoms with van der Waals surface area (Å²) < 4.78 is 38.4. The first-order chi connectivity index (χ1) is 17.6. The Labute approximate surface area is 227 Å². The van der Waals surface area contributed by atoms with E-state index in [-0.39, 0.29) is 23.9 Å². The van der Waals surface area contributed by atoms with Gasteiger partial charge in [0.15, 0.2) is 11.5 Å². The van der Waals surface area contributed by atoms with Crippen molar-refractivity contribution in [3.8, 4) is 11.5 Å². The summed E-state index contributed by atoms with van der Waals surface area (Å²) >= 11 is 12.8. The van der Waals surface area contributed by atoms with Gasteiger partial charge >= 0.3 is 0 Å². The number of hydrogen-bond donors (Lipinski definition) is 1. The van der Waals surface area contributed by atoms with Crippen molar-refractivity contribution in [3.63, 3.8) is 0 Å². The molecule has 0 aliphatic carbocycles. The van der Waals surface area contributed by atoms with E-state index in [2.05, 4.69) is 5.32 Å². The van der Waals surface area contributed by atoms with Gasteiger partial charge in [0.1, 0.15) is 25.8 Å². The molecule has 0 aromatic heterocycles. The highest BCUT2D eigenvalue weighted by atomic mass is 35.5. The van der Waals surface area contributed by atoms with Crippen LogP contribution in [0, 0.1) is 0 Å². The first kappa shape index (κ1) is 28.9. The third-order valence-corrected chi connectivity index (χ3v) is 8.37. The minimum atomic E-state index is -3.88. The summed E-state index contributed by atoms with van der Waals surface area (Å²) in [4.78, 5) is 28.1. The zero-order chi connectivity index (χ0) is 27.2. The molecule has 0 spiro atoms. The molecule has 12 heteroatoms. The molecule has 1 atom stereocenters. The Morgan fingerprint density at radius 2 is 1.68 bits per heavy atom. The van der Waals surface area contributed by atoms with Crippen LogP contribution in [0.1, 0.15) is 32.8 Å². The van der Waals surface area contributed by atoms with E-state index in [4.69, 9.17) is 32.7 Å². The Kier molecular flexibility index (Phi) is 9.92. The highest BCUT2D eigenvalue weighted by Crippen LogP contribution is 2.35. The van der Waals surface area contributed by atoms with Gasteiger partial charge in [-0.2, -0.15) is 0 Å². The van der Waals surface area contributed by atoms with Crippen LogP contribution >= 0.6 is 23.2 Å². The number of benzene rings is 2. The largest absolute Gasteiger partial charge is 0.486 e. The van der Waals surface area contributed by atoms with Crippen LogP contribution in [-0.2, 0) is 26.2 Å². The second kappa shape index (κ2) is 12.7. The van der Waals surface area contributed by atoms with E-state index >= 15 is 0 Å². The third kappa shape index (κ3) is 6.80. The molecule has 1 N–H and O–H groups in total. The molecule has 1 heterocycles. The summed E-state index contributed by atoms with van der Waals surface area (Å²) in [5, 5.41) is 3.41. The minimum Gasteiger partial charge on any atom is -0.486 e. The number of nitrogens with one attached hydrogen (secondary N) is 1. The molecular weight excluding hydrogens is 541 g/mol. The van der Waals surface area contributed by atoms with Gasteiger partial charge in [-0.05, 0) is 44.5 Å². The number of hydrogen-bond acceptors (Lipinski definition) is 6. The molecule has 0 unspecified atom stereocenters. The van der Waals surface area contributed by atoms with Crippen molar-refractivity contribution < 1.29 is 27.5 Å². The van der Waals surface area contributed by atoms with Gasteiger partial charge in [-0.3, -0.25) is 13.9 Å². The number of nitrogens with zero attached hydrogens (tertiary/aromatic N) is 2. The quantitative estimate of drug-likeness (QED) is 0.439. The topological polar surface area (TPSA) is 105 Å². The average Bonchev–Trinajstić information content (AvgIpc) is 2.88. The predicted octanol–water partition coefficient (Wildman–Crippen LogP) is 3.86. The first-order valence-electron chi connectivity index (χ1n) is 12.0. The average molecular weight is 573 g/mol. The number of ether oxygens (including phenoxy) is 2. The van der Waals surface area contributed by atoms with Crippen LogP contribution in [-0.4, -0.2) is 63.2 Å². The van der Waals surface area contributed by atoms with E-state index in [0.717, 1.165) is 4.31 Å². The maximum atomic E-state index is 13.8. The molecule has 9 nitrogen and oxygen atoms in total. The molecule has 2 aromatic carbocycles. The zero-order valence-electron chi connectivity index (χ0n) is 21.0. The molecule has 0 bridgehead atoms. The lowest BCUT2D eigenvalue weighted by molar-refractivity contribution is -0.140. The van der Waals surface area contributed by atoms with Crippen LogP contribution < -0.4 is 19.1 Å². The van der Waals surface area contributed by atoms with Gasteiger partial charge in [-0.1, -0.05) is 36.2 Å². The molecule has 3 rings (SSSR count). The van der Waals surface area contributed by atoms with Gasteiger partial charge in [0.25, 0.3) is 0 Å². The molecule has 37 heavy (non-hydrogen) atoms. The summed E-state index contributed by atoms with van der Waals surface area (Å²) in [7, 11) is -3.88. The van der Waals surface area contributed by atoms with E-state index in [9.17, 15) is 18.0 Å². The maximum Gasteiger partial charge on any atom is 0.244 e. The monoisotopic (exact) mass is 571 g/mol. The number of carbonyl (C=O) groups is 2. The second-order valence-electron chi connectivity index (χ2n) is 8.28. The van der Waals surface area contributed by atoms with E-state index in [1.807, 2.05) is 0 Å². The van der Waals surface area contributed by atoms with Crippen molar-refractivity contribution in [2.75, 3.05) is 36.4 Å². The molecule has 202 valence electrons. The third-order valence-electron chi connectivity index (χ3n) is 5.92. The highest BCUT2D eigenvalue weighted by Gasteiger charge is 2.33. The highest BCUT2D eigenvalue weighted by molar-refractivity contribution is 7.92. The molecular formula is C25H31Cl2N3O6S. The van der Waals surface area contributed by atoms with Crippen molar-refractivity contribution in [1.82, 2.24) is 10.2 Å². The van der Waals surface area contributed by atoms with Crippen LogP contribution in [0.15, 0.2) is 36.4 Å². The van der Waals surface area contributed by atoms with Crippen molar-refractivity contribution in [2.45, 2.75) is 39.8 Å². The Morgan fingerprint density at radius 1 is 1.03 bits per heavy atom. The molecule has 0 radical (unpaired) electrons. The fourth-order valence-electron chi connectivity index (χ4n) is 3.97. The van der Waals surface area contributed by atoms with Crippen molar-refractivity contribution in [2.24, 2.45) is 0 Å². The van der Waals surface area contributed by atoms with Crippen molar-refractivity contribution >= 4 is 50.7 Å². The normalized spacial score (nSPS) is 13.5. The van der Waals surface area contributed by atoms with Crippen LogP contribution in [0.5, 0.6) is 11.5 Å². The van der Waals surface area contributed by atoms with E-state index in [1.54, 1.807) is 44.2 Å². The summed E-state index contributed by atoms with van der Waals surface area (Å²) in [6.45, 7) is 5.52. The number of rotatable bonds is 11. The van der Waals surface area contributed by atoms with E-state index < -0.39 is 28.5 Å². The molecule has 0 saturated carbocycles. The molecule has 0 saturated heterocycles. The minimum absolute atomic E-state index is 0.0753. The summed E-state index contributed by atoms with van der Waals surface area (Å²) in [5.74, 6) is -0.293. The maximum absolute atomic E-state index is 13.8. The van der Waals surface area contributed by atoms with Gasteiger partial charge < -0.3 is 19.7 Å². The molecule has 1 aliphatic heterocycles. The van der Waals surface area contributed by atoms with Crippen LogP contribution in [0.4, 0.5) is 5.69 Å². The number of anilines is 1. The number of carbonyl (C=O) groups excluding carboxylic acids is 2. The fraction of sp³-hybridized carbons (Fsp3) is 0.440. The number of halogens is 2. The number of amides is 2. The number of likely N-dealkylation sites (N-methyl/N-ethyl adjacent to an activating group) is 1. The Bertz CT molecular complexity index is 1220. The number of sulfonamides is 1.